The second-order valence-electron chi connectivity index (χ2n) is 5.80. The van der Waals surface area contributed by atoms with Crippen LogP contribution in [0.5, 0.6) is 0 Å². The van der Waals surface area contributed by atoms with Crippen molar-refractivity contribution in [1.82, 2.24) is 4.72 Å². The third-order valence-corrected chi connectivity index (χ3v) is 5.46. The molecule has 0 aromatic heterocycles. The van der Waals surface area contributed by atoms with Gasteiger partial charge in [0.05, 0.1) is 4.90 Å². The van der Waals surface area contributed by atoms with Crippen LogP contribution in [0, 0.1) is 0 Å². The van der Waals surface area contributed by atoms with Gasteiger partial charge in [-0.15, -0.1) is 0 Å². The molecule has 1 fully saturated rings. The standard InChI is InChI=1S/C16H22N2O5S/c1-2-3-5-14(16(20)21)17-24(22,23)13-9-7-12(8-10-13)18-11-4-6-15(18)19/h7-10,14,17H,2-6,11H2,1H3,(H,20,21). The first-order chi connectivity index (χ1) is 11.3. The zero-order valence-corrected chi connectivity index (χ0v) is 14.4. The number of hydrogen-bond donors (Lipinski definition) is 2. The van der Waals surface area contributed by atoms with E-state index < -0.39 is 22.0 Å². The van der Waals surface area contributed by atoms with Crippen molar-refractivity contribution in [3.8, 4) is 0 Å². The number of unbranched alkanes of at least 4 members (excludes halogenated alkanes) is 1. The van der Waals surface area contributed by atoms with Gasteiger partial charge in [0.15, 0.2) is 0 Å². The van der Waals surface area contributed by atoms with Gasteiger partial charge >= 0.3 is 5.97 Å². The normalized spacial score (nSPS) is 16.4. The molecular weight excluding hydrogens is 332 g/mol. The molecule has 132 valence electrons. The van der Waals surface area contributed by atoms with Gasteiger partial charge in [0.2, 0.25) is 15.9 Å². The van der Waals surface area contributed by atoms with Crippen LogP contribution in [-0.4, -0.2) is 38.0 Å². The summed E-state index contributed by atoms with van der Waals surface area (Å²) in [6, 6.07) is 4.78. The Morgan fingerprint density at radius 3 is 2.50 bits per heavy atom. The van der Waals surface area contributed by atoms with E-state index in [1.807, 2.05) is 6.92 Å². The average Bonchev–Trinajstić information content (AvgIpc) is 2.97. The smallest absolute Gasteiger partial charge is 0.321 e. The predicted octanol–water partition coefficient (Wildman–Crippen LogP) is 1.74. The summed E-state index contributed by atoms with van der Waals surface area (Å²) in [4.78, 5) is 24.5. The first-order valence-corrected chi connectivity index (χ1v) is 9.49. The minimum Gasteiger partial charge on any atom is -0.480 e. The quantitative estimate of drug-likeness (QED) is 0.740. The summed E-state index contributed by atoms with van der Waals surface area (Å²) >= 11 is 0. The molecule has 0 spiro atoms. The molecule has 1 aromatic carbocycles. The highest BCUT2D eigenvalue weighted by molar-refractivity contribution is 7.89. The van der Waals surface area contributed by atoms with E-state index in [1.165, 1.54) is 12.1 Å². The van der Waals surface area contributed by atoms with E-state index >= 15 is 0 Å². The molecule has 7 nitrogen and oxygen atoms in total. The summed E-state index contributed by atoms with van der Waals surface area (Å²) in [5, 5.41) is 9.16. The fourth-order valence-corrected chi connectivity index (χ4v) is 3.85. The fraction of sp³-hybridized carbons (Fsp3) is 0.500. The lowest BCUT2D eigenvalue weighted by Crippen LogP contribution is -2.40. The van der Waals surface area contributed by atoms with Gasteiger partial charge in [-0.3, -0.25) is 9.59 Å². The van der Waals surface area contributed by atoms with Crippen LogP contribution >= 0.6 is 0 Å². The van der Waals surface area contributed by atoms with Gasteiger partial charge in [-0.2, -0.15) is 4.72 Å². The molecule has 24 heavy (non-hydrogen) atoms. The lowest BCUT2D eigenvalue weighted by atomic mass is 10.1. The Balaban J connectivity index is 2.13. The minimum atomic E-state index is -3.92. The number of sulfonamides is 1. The van der Waals surface area contributed by atoms with E-state index in [9.17, 15) is 18.0 Å². The number of carboxylic acid groups (broad SMARTS) is 1. The third-order valence-electron chi connectivity index (χ3n) is 3.97. The van der Waals surface area contributed by atoms with E-state index in [-0.39, 0.29) is 17.2 Å². The maximum Gasteiger partial charge on any atom is 0.321 e. The van der Waals surface area contributed by atoms with Crippen LogP contribution in [0.3, 0.4) is 0 Å². The van der Waals surface area contributed by atoms with E-state index in [0.717, 1.165) is 12.8 Å². The molecule has 1 aromatic rings. The molecule has 1 saturated heterocycles. The number of anilines is 1. The van der Waals surface area contributed by atoms with Crippen molar-refractivity contribution in [2.24, 2.45) is 0 Å². The van der Waals surface area contributed by atoms with Crippen LogP contribution in [0.1, 0.15) is 39.0 Å². The summed E-state index contributed by atoms with van der Waals surface area (Å²) in [6.45, 7) is 2.53. The Hall–Kier alpha value is -1.93. The topological polar surface area (TPSA) is 104 Å². The van der Waals surface area contributed by atoms with Crippen LogP contribution in [0.4, 0.5) is 5.69 Å². The summed E-state index contributed by atoms with van der Waals surface area (Å²) in [7, 11) is -3.92. The molecule has 2 N–H and O–H groups in total. The van der Waals surface area contributed by atoms with E-state index in [4.69, 9.17) is 5.11 Å². The van der Waals surface area contributed by atoms with E-state index in [2.05, 4.69) is 4.72 Å². The van der Waals surface area contributed by atoms with E-state index in [1.54, 1.807) is 17.0 Å². The molecule has 0 bridgehead atoms. The van der Waals surface area contributed by atoms with Gasteiger partial charge in [0.1, 0.15) is 6.04 Å². The van der Waals surface area contributed by atoms with Crippen LogP contribution in [0.15, 0.2) is 29.2 Å². The maximum absolute atomic E-state index is 12.4. The summed E-state index contributed by atoms with van der Waals surface area (Å²) in [6.07, 6.45) is 2.93. The van der Waals surface area contributed by atoms with Crippen molar-refractivity contribution in [3.63, 3.8) is 0 Å². The summed E-state index contributed by atoms with van der Waals surface area (Å²) in [5.74, 6) is -1.17. The first kappa shape index (κ1) is 18.4. The lowest BCUT2D eigenvalue weighted by molar-refractivity contribution is -0.139. The Bertz CT molecular complexity index is 700. The van der Waals surface area contributed by atoms with Crippen molar-refractivity contribution in [2.75, 3.05) is 11.4 Å². The van der Waals surface area contributed by atoms with Crippen LogP contribution in [0.25, 0.3) is 0 Å². The van der Waals surface area contributed by atoms with Crippen molar-refractivity contribution < 1.29 is 23.1 Å². The summed E-state index contributed by atoms with van der Waals surface area (Å²) in [5.41, 5.74) is 0.650. The number of carbonyl (C=O) groups excluding carboxylic acids is 1. The molecule has 1 aliphatic heterocycles. The van der Waals surface area contributed by atoms with Crippen LogP contribution in [0.2, 0.25) is 0 Å². The number of carbonyl (C=O) groups is 2. The highest BCUT2D eigenvalue weighted by Crippen LogP contribution is 2.23. The highest BCUT2D eigenvalue weighted by Gasteiger charge is 2.26. The maximum atomic E-state index is 12.4. The zero-order valence-electron chi connectivity index (χ0n) is 13.6. The number of nitrogens with zero attached hydrogens (tertiary/aromatic N) is 1. The molecule has 0 aliphatic carbocycles. The fourth-order valence-electron chi connectivity index (χ4n) is 2.62. The number of rotatable bonds is 8. The molecule has 1 aliphatic rings. The lowest BCUT2D eigenvalue weighted by Gasteiger charge is -2.17. The highest BCUT2D eigenvalue weighted by atomic mass is 32.2. The van der Waals surface area contributed by atoms with E-state index in [0.29, 0.717) is 25.1 Å². The SMILES string of the molecule is CCCCC(NS(=O)(=O)c1ccc(N2CCCC2=O)cc1)C(=O)O. The molecule has 0 radical (unpaired) electrons. The minimum absolute atomic E-state index is 0.0133. The Morgan fingerprint density at radius 2 is 2.00 bits per heavy atom. The average molecular weight is 354 g/mol. The van der Waals surface area contributed by atoms with Gasteiger partial charge in [0, 0.05) is 18.7 Å². The number of benzene rings is 1. The number of aliphatic carboxylic acids is 1. The molecule has 8 heteroatoms. The molecule has 1 unspecified atom stereocenters. The molecule has 2 rings (SSSR count). The third kappa shape index (κ3) is 4.33. The predicted molar refractivity (Wildman–Crippen MR) is 89.3 cm³/mol. The number of hydrogen-bond acceptors (Lipinski definition) is 4. The zero-order chi connectivity index (χ0) is 17.7. The largest absolute Gasteiger partial charge is 0.480 e. The molecule has 1 heterocycles. The first-order valence-electron chi connectivity index (χ1n) is 8.00. The Kier molecular flexibility index (Phi) is 5.95. The van der Waals surface area contributed by atoms with Gasteiger partial charge in [-0.1, -0.05) is 19.8 Å². The molecular formula is C16H22N2O5S. The number of nitrogens with one attached hydrogen (secondary N) is 1. The van der Waals surface area contributed by atoms with Crippen molar-refractivity contribution in [3.05, 3.63) is 24.3 Å². The summed E-state index contributed by atoms with van der Waals surface area (Å²) < 4.78 is 26.9. The van der Waals surface area contributed by atoms with Crippen molar-refractivity contribution in [2.45, 2.75) is 50.0 Å². The second-order valence-corrected chi connectivity index (χ2v) is 7.51. The van der Waals surface area contributed by atoms with Gasteiger partial charge in [-0.25, -0.2) is 8.42 Å². The second kappa shape index (κ2) is 7.76. The van der Waals surface area contributed by atoms with Crippen LogP contribution < -0.4 is 9.62 Å². The number of amides is 1. The number of carboxylic acids is 1. The van der Waals surface area contributed by atoms with Crippen molar-refractivity contribution in [1.29, 1.82) is 0 Å². The monoisotopic (exact) mass is 354 g/mol. The van der Waals surface area contributed by atoms with Crippen molar-refractivity contribution >= 4 is 27.6 Å². The van der Waals surface area contributed by atoms with Crippen LogP contribution in [-0.2, 0) is 19.6 Å². The van der Waals surface area contributed by atoms with Gasteiger partial charge in [-0.05, 0) is 37.1 Å². The Morgan fingerprint density at radius 1 is 1.33 bits per heavy atom. The Labute approximate surface area is 141 Å². The van der Waals surface area contributed by atoms with Gasteiger partial charge in [0.25, 0.3) is 0 Å². The molecule has 1 amide bonds. The molecule has 1 atom stereocenters. The molecule has 0 saturated carbocycles. The van der Waals surface area contributed by atoms with Gasteiger partial charge < -0.3 is 10.0 Å².